The first-order chi connectivity index (χ1) is 26.9. The Morgan fingerprint density at radius 2 is 1.66 bits per heavy atom. The lowest BCUT2D eigenvalue weighted by Crippen LogP contribution is -2.49. The van der Waals surface area contributed by atoms with Gasteiger partial charge >= 0.3 is 6.18 Å². The highest BCUT2D eigenvalue weighted by Crippen LogP contribution is 2.32. The number of alkyl halides is 3. The normalized spacial score (nSPS) is 20.1. The van der Waals surface area contributed by atoms with Gasteiger partial charge in [-0.1, -0.05) is 11.6 Å². The average molecular weight is 820 g/mol. The van der Waals surface area contributed by atoms with E-state index in [9.17, 15) is 26.4 Å². The molecule has 1 aliphatic carbocycles. The number of rotatable bonds is 14. The molecule has 3 fully saturated rings. The van der Waals surface area contributed by atoms with Crippen LogP contribution in [-0.2, 0) is 25.7 Å². The summed E-state index contributed by atoms with van der Waals surface area (Å²) in [7, 11) is -3.52. The minimum absolute atomic E-state index is 0.0282. The maximum Gasteiger partial charge on any atom is 0.417 e. The van der Waals surface area contributed by atoms with Gasteiger partial charge in [-0.3, -0.25) is 14.7 Å². The van der Waals surface area contributed by atoms with Crippen molar-refractivity contribution in [1.29, 1.82) is 5.26 Å². The van der Waals surface area contributed by atoms with E-state index in [1.807, 2.05) is 6.07 Å². The molecule has 2 aliphatic heterocycles. The Kier molecular flexibility index (Phi) is 13.9. The molecule has 0 atom stereocenters. The van der Waals surface area contributed by atoms with E-state index in [0.29, 0.717) is 66.9 Å². The van der Waals surface area contributed by atoms with Gasteiger partial charge in [0.1, 0.15) is 17.6 Å². The number of hydrogen-bond donors (Lipinski definition) is 1. The van der Waals surface area contributed by atoms with Crippen molar-refractivity contribution < 1.29 is 35.9 Å². The molecule has 3 aromatic rings. The average Bonchev–Trinajstić information content (AvgIpc) is 3.20. The van der Waals surface area contributed by atoms with Crippen molar-refractivity contribution in [1.82, 2.24) is 24.2 Å². The number of anilines is 3. The van der Waals surface area contributed by atoms with Gasteiger partial charge in [0.05, 0.1) is 58.9 Å². The number of sulfonamides is 1. The van der Waals surface area contributed by atoms with Crippen LogP contribution in [0.5, 0.6) is 5.75 Å². The van der Waals surface area contributed by atoms with Crippen LogP contribution in [0.1, 0.15) is 43.2 Å². The minimum atomic E-state index is -4.49. The van der Waals surface area contributed by atoms with Gasteiger partial charge in [-0.15, -0.1) is 0 Å². The number of halogens is 4. The largest absolute Gasteiger partial charge is 0.490 e. The number of nitriles is 1. The zero-order chi connectivity index (χ0) is 39.7. The van der Waals surface area contributed by atoms with Crippen molar-refractivity contribution in [2.75, 3.05) is 93.0 Å². The van der Waals surface area contributed by atoms with E-state index in [0.717, 1.165) is 57.1 Å². The van der Waals surface area contributed by atoms with Gasteiger partial charge in [-0.05, 0) is 50.3 Å². The number of carbonyl (C=O) groups excluding carboxylic acids is 1. The molecule has 0 spiro atoms. The summed E-state index contributed by atoms with van der Waals surface area (Å²) in [4.78, 5) is 31.8. The second-order valence-electron chi connectivity index (χ2n) is 14.0. The van der Waals surface area contributed by atoms with Crippen LogP contribution in [0.2, 0.25) is 5.02 Å². The van der Waals surface area contributed by atoms with Crippen LogP contribution in [0.25, 0.3) is 0 Å². The van der Waals surface area contributed by atoms with E-state index >= 15 is 0 Å². The minimum Gasteiger partial charge on any atom is -0.490 e. The third-order valence-corrected chi connectivity index (χ3v) is 12.6. The molecular formula is C37H45ClF3N9O5S. The second kappa shape index (κ2) is 18.8. The van der Waals surface area contributed by atoms with E-state index in [2.05, 4.69) is 30.1 Å². The molecule has 2 aromatic heterocycles. The van der Waals surface area contributed by atoms with Crippen LogP contribution in [0, 0.1) is 17.2 Å². The van der Waals surface area contributed by atoms with Gasteiger partial charge in [-0.2, -0.15) is 22.7 Å². The summed E-state index contributed by atoms with van der Waals surface area (Å²) in [5, 5.41) is 12.3. The first-order valence-corrected chi connectivity index (χ1v) is 20.7. The smallest absolute Gasteiger partial charge is 0.417 e. The van der Waals surface area contributed by atoms with Gasteiger partial charge in [0.15, 0.2) is 5.82 Å². The summed E-state index contributed by atoms with van der Waals surface area (Å²) >= 11 is 6.12. The van der Waals surface area contributed by atoms with Gasteiger partial charge in [0.25, 0.3) is 0 Å². The quantitative estimate of drug-likeness (QED) is 0.225. The van der Waals surface area contributed by atoms with Crippen molar-refractivity contribution in [2.45, 2.75) is 44.4 Å². The molecule has 0 radical (unpaired) electrons. The number of benzene rings is 1. The maximum atomic E-state index is 13.1. The summed E-state index contributed by atoms with van der Waals surface area (Å²) in [6.07, 6.45) is 4.01. The zero-order valence-electron chi connectivity index (χ0n) is 30.8. The van der Waals surface area contributed by atoms with E-state index in [4.69, 9.17) is 26.3 Å². The predicted octanol–water partition coefficient (Wildman–Crippen LogP) is 4.67. The van der Waals surface area contributed by atoms with Crippen molar-refractivity contribution in [3.8, 4) is 11.8 Å². The molecule has 1 aromatic carbocycles. The Hall–Kier alpha value is -4.28. The number of aromatic nitrogens is 3. The molecule has 1 amide bonds. The summed E-state index contributed by atoms with van der Waals surface area (Å²) in [6.45, 7) is 5.51. The summed E-state index contributed by atoms with van der Waals surface area (Å²) in [5.74, 6) is 1.45. The highest BCUT2D eigenvalue weighted by atomic mass is 35.5. The first-order valence-electron chi connectivity index (χ1n) is 18.7. The summed E-state index contributed by atoms with van der Waals surface area (Å²) < 4.78 is 78.2. The molecule has 0 unspecified atom stereocenters. The predicted molar refractivity (Wildman–Crippen MR) is 204 cm³/mol. The van der Waals surface area contributed by atoms with Gasteiger partial charge < -0.3 is 24.6 Å². The lowest BCUT2D eigenvalue weighted by atomic mass is 9.86. The molecule has 302 valence electrons. The highest BCUT2D eigenvalue weighted by Gasteiger charge is 2.33. The fourth-order valence-electron chi connectivity index (χ4n) is 7.02. The number of amides is 1. The maximum absolute atomic E-state index is 13.1. The van der Waals surface area contributed by atoms with Crippen LogP contribution < -0.4 is 19.9 Å². The molecule has 56 heavy (non-hydrogen) atoms. The van der Waals surface area contributed by atoms with E-state index in [-0.39, 0.29) is 49.9 Å². The topological polar surface area (TPSA) is 157 Å². The molecule has 1 N–H and O–H groups in total. The Morgan fingerprint density at radius 1 is 0.929 bits per heavy atom. The molecular weight excluding hydrogens is 775 g/mol. The highest BCUT2D eigenvalue weighted by molar-refractivity contribution is 7.89. The van der Waals surface area contributed by atoms with Gasteiger partial charge in [-0.25, -0.2) is 18.4 Å². The molecule has 0 bridgehead atoms. The van der Waals surface area contributed by atoms with Crippen LogP contribution in [0.4, 0.5) is 30.5 Å². The molecule has 1 saturated carbocycles. The number of pyridine rings is 1. The molecule has 2 saturated heterocycles. The lowest BCUT2D eigenvalue weighted by molar-refractivity contribution is -0.137. The fourth-order valence-corrected chi connectivity index (χ4v) is 8.69. The van der Waals surface area contributed by atoms with Crippen LogP contribution >= 0.6 is 11.6 Å². The SMILES string of the molecule is N#Cc1ccc(OC2CCC(C(=O)Nc3cnc(N4CCN(CCOCCCS(=O)(=O)N5CCN(c6cncc(C(F)(F)F)c6)CC5)CC4)cn3)CC2)cc1Cl. The molecule has 3 aliphatic rings. The lowest BCUT2D eigenvalue weighted by Gasteiger charge is -2.35. The Morgan fingerprint density at radius 3 is 2.32 bits per heavy atom. The Labute approximate surface area is 329 Å². The summed E-state index contributed by atoms with van der Waals surface area (Å²) in [6, 6.07) is 8.08. The fraction of sp³-hybridized carbons (Fsp3) is 0.541. The Bertz CT molecular complexity index is 1930. The zero-order valence-corrected chi connectivity index (χ0v) is 32.4. The molecule has 19 heteroatoms. The number of nitrogens with zero attached hydrogens (tertiary/aromatic N) is 8. The van der Waals surface area contributed by atoms with Crippen LogP contribution in [-0.4, -0.2) is 122 Å². The number of piperazine rings is 2. The van der Waals surface area contributed by atoms with Crippen molar-refractivity contribution in [2.24, 2.45) is 5.92 Å². The number of hydrogen-bond acceptors (Lipinski definition) is 12. The number of carbonyl (C=O) groups is 1. The van der Waals surface area contributed by atoms with Gasteiger partial charge in [0, 0.05) is 83.7 Å². The van der Waals surface area contributed by atoms with Gasteiger partial charge in [0.2, 0.25) is 15.9 Å². The van der Waals surface area contributed by atoms with E-state index in [1.54, 1.807) is 35.5 Å². The number of ether oxygens (including phenoxy) is 2. The monoisotopic (exact) mass is 819 g/mol. The van der Waals surface area contributed by atoms with E-state index in [1.165, 1.54) is 10.5 Å². The second-order valence-corrected chi connectivity index (χ2v) is 16.5. The van der Waals surface area contributed by atoms with Crippen LogP contribution in [0.15, 0.2) is 49.1 Å². The molecule has 4 heterocycles. The molecule has 14 nitrogen and oxygen atoms in total. The molecule has 6 rings (SSSR count). The van der Waals surface area contributed by atoms with Crippen molar-refractivity contribution in [3.05, 3.63) is 65.2 Å². The van der Waals surface area contributed by atoms with Crippen molar-refractivity contribution in [3.63, 3.8) is 0 Å². The standard InChI is InChI=1S/C37H45ClF3N9O5S/c38-33-21-32(7-4-28(33)22-42)55-31-5-2-27(3-6-31)36(51)46-34-25-45-35(26-44-34)49-10-8-47(9-11-49)16-18-54-17-1-19-56(52,53)50-14-12-48(13-15-50)30-20-29(23-43-24-30)37(39,40)41/h4,7,20-21,23-27,31H,1-3,5-6,8-19H2,(H,44,46,51). The Balaban J connectivity index is 0.822. The van der Waals surface area contributed by atoms with Crippen LogP contribution in [0.3, 0.4) is 0 Å². The number of nitrogens with one attached hydrogen (secondary N) is 1. The third kappa shape index (κ3) is 11.2. The van der Waals surface area contributed by atoms with Crippen molar-refractivity contribution >= 4 is 44.9 Å². The first kappa shape index (κ1) is 41.4. The van der Waals surface area contributed by atoms with E-state index < -0.39 is 21.8 Å². The summed E-state index contributed by atoms with van der Waals surface area (Å²) in [5.41, 5.74) is -0.112. The third-order valence-electron chi connectivity index (χ3n) is 10.3.